The second-order valence-corrected chi connectivity index (χ2v) is 4.79. The van der Waals surface area contributed by atoms with Crippen LogP contribution in [-0.4, -0.2) is 18.6 Å². The Morgan fingerprint density at radius 1 is 1.42 bits per heavy atom. The number of carbonyl (C=O) groups is 1. The summed E-state index contributed by atoms with van der Waals surface area (Å²) in [5.74, 6) is -0.0685. The van der Waals surface area contributed by atoms with E-state index in [0.29, 0.717) is 11.3 Å². The van der Waals surface area contributed by atoms with E-state index in [-0.39, 0.29) is 36.8 Å². The number of hydrogen-bond acceptors (Lipinski definition) is 3. The Hall–Kier alpha value is -1.62. The Morgan fingerprint density at radius 2 is 2.11 bits per heavy atom. The lowest BCUT2D eigenvalue weighted by Gasteiger charge is -2.11. The summed E-state index contributed by atoms with van der Waals surface area (Å²) < 4.78 is 19.0. The molecule has 1 aromatic carbocycles. The number of carbonyl (C=O) groups excluding carboxylic acids is 1. The molecule has 4 nitrogen and oxygen atoms in total. The smallest absolute Gasteiger partial charge is 0.223 e. The fraction of sp³-hybridized carbons (Fsp3) is 0.500. The van der Waals surface area contributed by atoms with Gasteiger partial charge in [0.1, 0.15) is 11.6 Å². The molecule has 0 saturated carbocycles. The van der Waals surface area contributed by atoms with E-state index in [9.17, 15) is 9.18 Å². The first-order valence-electron chi connectivity index (χ1n) is 6.37. The first-order valence-corrected chi connectivity index (χ1v) is 6.37. The number of hydrogen-bond donors (Lipinski definition) is 2. The highest BCUT2D eigenvalue weighted by atomic mass is 19.1. The maximum absolute atomic E-state index is 13.6. The Kier molecular flexibility index (Phi) is 5.76. The topological polar surface area (TPSA) is 64.3 Å². The van der Waals surface area contributed by atoms with Crippen LogP contribution >= 0.6 is 0 Å². The predicted octanol–water partition coefficient (Wildman–Crippen LogP) is 2.14. The molecule has 0 aliphatic rings. The highest BCUT2D eigenvalue weighted by molar-refractivity contribution is 5.76. The van der Waals surface area contributed by atoms with Gasteiger partial charge in [0.05, 0.1) is 13.0 Å². The average molecular weight is 268 g/mol. The lowest BCUT2D eigenvalue weighted by molar-refractivity contribution is -0.122. The number of rotatable bonds is 6. The van der Waals surface area contributed by atoms with Crippen LogP contribution in [-0.2, 0) is 4.79 Å². The Balaban J connectivity index is 2.46. The van der Waals surface area contributed by atoms with Gasteiger partial charge in [-0.3, -0.25) is 4.79 Å². The third-order valence-corrected chi connectivity index (χ3v) is 2.51. The van der Waals surface area contributed by atoms with Crippen LogP contribution in [0.15, 0.2) is 18.2 Å². The predicted molar refractivity (Wildman–Crippen MR) is 72.4 cm³/mol. The van der Waals surface area contributed by atoms with Gasteiger partial charge in [0.25, 0.3) is 0 Å². The maximum atomic E-state index is 13.6. The Labute approximate surface area is 113 Å². The van der Waals surface area contributed by atoms with Crippen molar-refractivity contribution in [1.29, 1.82) is 0 Å². The van der Waals surface area contributed by atoms with Crippen molar-refractivity contribution in [2.24, 2.45) is 5.73 Å². The van der Waals surface area contributed by atoms with Gasteiger partial charge < -0.3 is 15.8 Å². The van der Waals surface area contributed by atoms with Gasteiger partial charge in [-0.15, -0.1) is 0 Å². The van der Waals surface area contributed by atoms with Crippen LogP contribution in [0.1, 0.15) is 38.8 Å². The molecule has 0 bridgehead atoms. The summed E-state index contributed by atoms with van der Waals surface area (Å²) in [4.78, 5) is 11.4. The first kappa shape index (κ1) is 15.4. The molecule has 1 aromatic rings. The molecule has 0 aromatic heterocycles. The van der Waals surface area contributed by atoms with Crippen LogP contribution in [0.25, 0.3) is 0 Å². The lowest BCUT2D eigenvalue weighted by Crippen LogP contribution is -2.31. The van der Waals surface area contributed by atoms with Gasteiger partial charge >= 0.3 is 0 Å². The van der Waals surface area contributed by atoms with E-state index < -0.39 is 0 Å². The first-order chi connectivity index (χ1) is 8.90. The van der Waals surface area contributed by atoms with E-state index in [2.05, 4.69) is 5.32 Å². The van der Waals surface area contributed by atoms with Gasteiger partial charge in [-0.2, -0.15) is 0 Å². The number of benzene rings is 1. The molecular weight excluding hydrogens is 247 g/mol. The average Bonchev–Trinajstić information content (AvgIpc) is 2.27. The van der Waals surface area contributed by atoms with Gasteiger partial charge in [-0.25, -0.2) is 4.39 Å². The van der Waals surface area contributed by atoms with Gasteiger partial charge in [0.15, 0.2) is 0 Å². The molecule has 0 aliphatic heterocycles. The second-order valence-electron chi connectivity index (χ2n) is 4.79. The Morgan fingerprint density at radius 3 is 2.63 bits per heavy atom. The third-order valence-electron chi connectivity index (χ3n) is 2.51. The molecule has 3 N–H and O–H groups in total. The van der Waals surface area contributed by atoms with E-state index >= 15 is 0 Å². The number of nitrogens with two attached hydrogens (primary N) is 1. The molecule has 0 fully saturated rings. The standard InChI is InChI=1S/C14H21FN2O2/c1-9(2)17-14(18)6-7-19-11-4-5-12(10(3)16)13(15)8-11/h4-5,8-10H,6-7,16H2,1-3H3,(H,17,18). The molecule has 0 aliphatic carbocycles. The third kappa shape index (κ3) is 5.26. The molecule has 0 heterocycles. The van der Waals surface area contributed by atoms with Crippen molar-refractivity contribution < 1.29 is 13.9 Å². The van der Waals surface area contributed by atoms with E-state index in [4.69, 9.17) is 10.5 Å². The highest BCUT2D eigenvalue weighted by Crippen LogP contribution is 2.20. The maximum Gasteiger partial charge on any atom is 0.223 e. The van der Waals surface area contributed by atoms with Crippen molar-refractivity contribution in [3.63, 3.8) is 0 Å². The molecule has 0 radical (unpaired) electrons. The van der Waals surface area contributed by atoms with E-state index in [0.717, 1.165) is 0 Å². The summed E-state index contributed by atoms with van der Waals surface area (Å²) in [6, 6.07) is 4.30. The molecule has 0 saturated heterocycles. The number of nitrogens with one attached hydrogen (secondary N) is 1. The summed E-state index contributed by atoms with van der Waals surface area (Å²) in [5.41, 5.74) is 6.07. The fourth-order valence-electron chi connectivity index (χ4n) is 1.62. The van der Waals surface area contributed by atoms with Gasteiger partial charge in [0, 0.05) is 23.7 Å². The molecule has 0 spiro atoms. The molecule has 1 atom stereocenters. The minimum atomic E-state index is -0.390. The van der Waals surface area contributed by atoms with Crippen molar-refractivity contribution in [2.45, 2.75) is 39.3 Å². The van der Waals surface area contributed by atoms with Crippen molar-refractivity contribution in [1.82, 2.24) is 5.32 Å². The number of ether oxygens (including phenoxy) is 1. The summed E-state index contributed by atoms with van der Waals surface area (Å²) in [7, 11) is 0. The molecule has 5 heteroatoms. The zero-order chi connectivity index (χ0) is 14.4. The quantitative estimate of drug-likeness (QED) is 0.830. The Bertz CT molecular complexity index is 433. The van der Waals surface area contributed by atoms with Crippen LogP contribution in [0.2, 0.25) is 0 Å². The number of halogens is 1. The van der Waals surface area contributed by atoms with E-state index in [1.165, 1.54) is 6.07 Å². The number of amides is 1. The van der Waals surface area contributed by atoms with Crippen molar-refractivity contribution in [2.75, 3.05) is 6.61 Å². The highest BCUT2D eigenvalue weighted by Gasteiger charge is 2.09. The summed E-state index contributed by atoms with van der Waals surface area (Å²) >= 11 is 0. The molecule has 106 valence electrons. The van der Waals surface area contributed by atoms with Crippen LogP contribution in [0.5, 0.6) is 5.75 Å². The van der Waals surface area contributed by atoms with Crippen molar-refractivity contribution in [3.05, 3.63) is 29.6 Å². The summed E-state index contributed by atoms with van der Waals surface area (Å²) in [5, 5.41) is 2.75. The van der Waals surface area contributed by atoms with E-state index in [1.807, 2.05) is 13.8 Å². The van der Waals surface area contributed by atoms with E-state index in [1.54, 1.807) is 19.1 Å². The fourth-order valence-corrected chi connectivity index (χ4v) is 1.62. The zero-order valence-corrected chi connectivity index (χ0v) is 11.6. The second kappa shape index (κ2) is 7.09. The molecule has 1 amide bonds. The van der Waals surface area contributed by atoms with Gasteiger partial charge in [-0.05, 0) is 26.8 Å². The zero-order valence-electron chi connectivity index (χ0n) is 11.6. The monoisotopic (exact) mass is 268 g/mol. The summed E-state index contributed by atoms with van der Waals surface area (Å²) in [6.45, 7) is 5.71. The van der Waals surface area contributed by atoms with Crippen LogP contribution in [0.4, 0.5) is 4.39 Å². The van der Waals surface area contributed by atoms with Crippen molar-refractivity contribution >= 4 is 5.91 Å². The lowest BCUT2D eigenvalue weighted by atomic mass is 10.1. The minimum Gasteiger partial charge on any atom is -0.493 e. The SMILES string of the molecule is CC(C)NC(=O)CCOc1ccc(C(C)N)c(F)c1. The van der Waals surface area contributed by atoms with Crippen LogP contribution in [0, 0.1) is 5.82 Å². The molecule has 19 heavy (non-hydrogen) atoms. The van der Waals surface area contributed by atoms with Crippen LogP contribution < -0.4 is 15.8 Å². The molecule has 1 unspecified atom stereocenters. The van der Waals surface area contributed by atoms with Gasteiger partial charge in [0.2, 0.25) is 5.91 Å². The normalized spacial score (nSPS) is 12.3. The molecular formula is C14H21FN2O2. The minimum absolute atomic E-state index is 0.0809. The van der Waals surface area contributed by atoms with Crippen molar-refractivity contribution in [3.8, 4) is 5.75 Å². The summed E-state index contributed by atoms with van der Waals surface area (Å²) in [6.07, 6.45) is 0.245. The molecule has 1 rings (SSSR count). The van der Waals surface area contributed by atoms with Gasteiger partial charge in [-0.1, -0.05) is 6.07 Å². The van der Waals surface area contributed by atoms with Crippen LogP contribution in [0.3, 0.4) is 0 Å². The largest absolute Gasteiger partial charge is 0.493 e.